The number of rotatable bonds is 9. The normalized spacial score (nSPS) is 19.5. The molecular formula is C15H28N2O5S. The van der Waals surface area contributed by atoms with Gasteiger partial charge in [-0.2, -0.15) is 0 Å². The fourth-order valence-corrected chi connectivity index (χ4v) is 4.25. The molecule has 0 aliphatic carbocycles. The maximum absolute atomic E-state index is 12.2. The van der Waals surface area contributed by atoms with E-state index in [1.54, 1.807) is 6.92 Å². The molecule has 1 N–H and O–H groups in total. The monoisotopic (exact) mass is 348 g/mol. The van der Waals surface area contributed by atoms with Crippen molar-refractivity contribution >= 4 is 21.7 Å². The molecule has 0 bridgehead atoms. The van der Waals surface area contributed by atoms with E-state index >= 15 is 0 Å². The zero-order valence-corrected chi connectivity index (χ0v) is 14.9. The van der Waals surface area contributed by atoms with Crippen LogP contribution in [0.4, 0.5) is 0 Å². The SMILES string of the molecule is CCCCOCCCNC(=O)C(=O)N(CC)C1CCS(=O)(=O)C1. The summed E-state index contributed by atoms with van der Waals surface area (Å²) in [6, 6.07) is -0.388. The standard InChI is InChI=1S/C15H28N2O5S/c1-3-5-9-22-10-6-8-16-14(18)15(19)17(4-2)13-7-11-23(20,21)12-13/h13H,3-12H2,1-2H3,(H,16,18). The van der Waals surface area contributed by atoms with Gasteiger partial charge in [0, 0.05) is 32.3 Å². The highest BCUT2D eigenvalue weighted by Crippen LogP contribution is 2.17. The highest BCUT2D eigenvalue weighted by molar-refractivity contribution is 7.91. The molecule has 0 spiro atoms. The molecule has 1 heterocycles. The van der Waals surface area contributed by atoms with Gasteiger partial charge in [-0.15, -0.1) is 0 Å². The van der Waals surface area contributed by atoms with E-state index in [1.807, 2.05) is 0 Å². The van der Waals surface area contributed by atoms with Crippen molar-refractivity contribution in [2.75, 3.05) is 37.8 Å². The number of carbonyl (C=O) groups is 2. The van der Waals surface area contributed by atoms with E-state index < -0.39 is 21.7 Å². The third-order valence-electron chi connectivity index (χ3n) is 3.84. The van der Waals surface area contributed by atoms with E-state index in [0.29, 0.717) is 39.1 Å². The molecule has 23 heavy (non-hydrogen) atoms. The van der Waals surface area contributed by atoms with Crippen molar-refractivity contribution in [1.82, 2.24) is 10.2 Å². The van der Waals surface area contributed by atoms with Crippen LogP contribution < -0.4 is 5.32 Å². The Hall–Kier alpha value is -1.15. The second-order valence-corrected chi connectivity index (χ2v) is 7.95. The van der Waals surface area contributed by atoms with Crippen molar-refractivity contribution in [1.29, 1.82) is 0 Å². The summed E-state index contributed by atoms with van der Waals surface area (Å²) in [6.07, 6.45) is 3.14. The fraction of sp³-hybridized carbons (Fsp3) is 0.867. The third kappa shape index (κ3) is 6.87. The molecule has 1 aliphatic rings. The molecule has 1 rings (SSSR count). The van der Waals surface area contributed by atoms with Gasteiger partial charge in [0.15, 0.2) is 9.84 Å². The number of carbonyl (C=O) groups excluding carboxylic acids is 2. The van der Waals surface area contributed by atoms with Crippen LogP contribution in [0.5, 0.6) is 0 Å². The van der Waals surface area contributed by atoms with Gasteiger partial charge >= 0.3 is 11.8 Å². The minimum atomic E-state index is -3.08. The average Bonchev–Trinajstić information content (AvgIpc) is 2.86. The van der Waals surface area contributed by atoms with E-state index in [1.165, 1.54) is 4.90 Å². The van der Waals surface area contributed by atoms with Crippen LogP contribution in [0.15, 0.2) is 0 Å². The summed E-state index contributed by atoms with van der Waals surface area (Å²) in [5.41, 5.74) is 0. The molecule has 1 aliphatic heterocycles. The van der Waals surface area contributed by atoms with Crippen molar-refractivity contribution in [2.45, 2.75) is 45.6 Å². The summed E-state index contributed by atoms with van der Waals surface area (Å²) >= 11 is 0. The zero-order valence-electron chi connectivity index (χ0n) is 14.0. The summed E-state index contributed by atoms with van der Waals surface area (Å²) in [5.74, 6) is -1.30. The predicted molar refractivity (Wildman–Crippen MR) is 87.8 cm³/mol. The summed E-state index contributed by atoms with van der Waals surface area (Å²) in [7, 11) is -3.08. The summed E-state index contributed by atoms with van der Waals surface area (Å²) in [5, 5.41) is 2.57. The van der Waals surface area contributed by atoms with E-state index in [0.717, 1.165) is 12.8 Å². The van der Waals surface area contributed by atoms with Crippen molar-refractivity contribution < 1.29 is 22.7 Å². The number of nitrogens with zero attached hydrogens (tertiary/aromatic N) is 1. The van der Waals surface area contributed by atoms with E-state index in [-0.39, 0.29) is 17.5 Å². The minimum Gasteiger partial charge on any atom is -0.381 e. The number of ether oxygens (including phenoxy) is 1. The Morgan fingerprint density at radius 1 is 1.22 bits per heavy atom. The number of hydrogen-bond acceptors (Lipinski definition) is 5. The van der Waals surface area contributed by atoms with Crippen LogP contribution in [0.25, 0.3) is 0 Å². The smallest absolute Gasteiger partial charge is 0.312 e. The summed E-state index contributed by atoms with van der Waals surface area (Å²) in [6.45, 7) is 5.79. The molecule has 0 aromatic carbocycles. The maximum Gasteiger partial charge on any atom is 0.312 e. The van der Waals surface area contributed by atoms with Gasteiger partial charge in [0.2, 0.25) is 0 Å². The summed E-state index contributed by atoms with van der Waals surface area (Å²) in [4.78, 5) is 25.4. The zero-order chi connectivity index (χ0) is 17.3. The van der Waals surface area contributed by atoms with Crippen LogP contribution in [0.2, 0.25) is 0 Å². The molecule has 1 unspecified atom stereocenters. The molecule has 1 saturated heterocycles. The average molecular weight is 348 g/mol. The summed E-state index contributed by atoms with van der Waals surface area (Å²) < 4.78 is 28.4. The lowest BCUT2D eigenvalue weighted by atomic mass is 10.2. The Balaban J connectivity index is 2.32. The van der Waals surface area contributed by atoms with Crippen molar-refractivity contribution in [3.8, 4) is 0 Å². The van der Waals surface area contributed by atoms with Crippen LogP contribution in [0.3, 0.4) is 0 Å². The first kappa shape index (κ1) is 19.9. The number of unbranched alkanes of at least 4 members (excludes halogenated alkanes) is 1. The first-order valence-electron chi connectivity index (χ1n) is 8.28. The minimum absolute atomic E-state index is 0.0505. The molecule has 1 fully saturated rings. The Morgan fingerprint density at radius 2 is 1.91 bits per heavy atom. The molecule has 0 radical (unpaired) electrons. The van der Waals surface area contributed by atoms with Crippen LogP contribution in [-0.4, -0.2) is 69.0 Å². The number of amides is 2. The van der Waals surface area contributed by atoms with Gasteiger partial charge in [-0.05, 0) is 26.2 Å². The quantitative estimate of drug-likeness (QED) is 0.479. The van der Waals surface area contributed by atoms with Gasteiger partial charge in [0.1, 0.15) is 0 Å². The van der Waals surface area contributed by atoms with Crippen LogP contribution in [0, 0.1) is 0 Å². The first-order valence-corrected chi connectivity index (χ1v) is 10.1. The van der Waals surface area contributed by atoms with Gasteiger partial charge < -0.3 is 15.0 Å². The lowest BCUT2D eigenvalue weighted by Gasteiger charge is -2.26. The largest absolute Gasteiger partial charge is 0.381 e. The van der Waals surface area contributed by atoms with Crippen molar-refractivity contribution in [3.05, 3.63) is 0 Å². The Labute approximate surface area is 138 Å². The van der Waals surface area contributed by atoms with Gasteiger partial charge in [-0.1, -0.05) is 13.3 Å². The molecule has 134 valence electrons. The molecule has 0 aromatic rings. The Kier molecular flexibility index (Phi) is 8.54. The highest BCUT2D eigenvalue weighted by atomic mass is 32.2. The van der Waals surface area contributed by atoms with Crippen molar-refractivity contribution in [3.63, 3.8) is 0 Å². The second kappa shape index (κ2) is 9.87. The van der Waals surface area contributed by atoms with E-state index in [9.17, 15) is 18.0 Å². The first-order chi connectivity index (χ1) is 10.9. The van der Waals surface area contributed by atoms with Gasteiger partial charge in [0.25, 0.3) is 0 Å². The molecule has 8 heteroatoms. The number of nitrogens with one attached hydrogen (secondary N) is 1. The van der Waals surface area contributed by atoms with E-state index in [2.05, 4.69) is 12.2 Å². The van der Waals surface area contributed by atoms with Gasteiger partial charge in [-0.25, -0.2) is 8.42 Å². The van der Waals surface area contributed by atoms with Gasteiger partial charge in [-0.3, -0.25) is 9.59 Å². The van der Waals surface area contributed by atoms with E-state index in [4.69, 9.17) is 4.74 Å². The molecule has 7 nitrogen and oxygen atoms in total. The molecule has 0 aromatic heterocycles. The highest BCUT2D eigenvalue weighted by Gasteiger charge is 2.35. The molecule has 1 atom stereocenters. The third-order valence-corrected chi connectivity index (χ3v) is 5.59. The van der Waals surface area contributed by atoms with Crippen molar-refractivity contribution in [2.24, 2.45) is 0 Å². The maximum atomic E-state index is 12.2. The lowest BCUT2D eigenvalue weighted by molar-refractivity contribution is -0.147. The fourth-order valence-electron chi connectivity index (χ4n) is 2.52. The molecular weight excluding hydrogens is 320 g/mol. The number of sulfone groups is 1. The predicted octanol–water partition coefficient (Wildman–Crippen LogP) is 0.345. The Bertz CT molecular complexity index is 492. The van der Waals surface area contributed by atoms with Crippen LogP contribution in [-0.2, 0) is 24.2 Å². The Morgan fingerprint density at radius 3 is 2.48 bits per heavy atom. The molecule has 2 amide bonds. The van der Waals surface area contributed by atoms with Gasteiger partial charge in [0.05, 0.1) is 11.5 Å². The number of likely N-dealkylation sites (N-methyl/N-ethyl adjacent to an activating group) is 1. The van der Waals surface area contributed by atoms with Crippen LogP contribution >= 0.6 is 0 Å². The molecule has 0 saturated carbocycles. The lowest BCUT2D eigenvalue weighted by Crippen LogP contribution is -2.48. The number of hydrogen-bond donors (Lipinski definition) is 1. The van der Waals surface area contributed by atoms with Crippen LogP contribution in [0.1, 0.15) is 39.5 Å². The second-order valence-electron chi connectivity index (χ2n) is 5.72. The topological polar surface area (TPSA) is 92.8 Å².